The lowest BCUT2D eigenvalue weighted by Gasteiger charge is -2.09. The Morgan fingerprint density at radius 2 is 1.68 bits per heavy atom. The monoisotopic (exact) mass is 317 g/mol. The van der Waals surface area contributed by atoms with Crippen LogP contribution in [0.4, 0.5) is 5.69 Å². The molecule has 0 radical (unpaired) electrons. The highest BCUT2D eigenvalue weighted by Crippen LogP contribution is 2.25. The summed E-state index contributed by atoms with van der Waals surface area (Å²) in [4.78, 5) is 12.0. The SMILES string of the molecule is Cc1cc(NC(=O)Cc2ccccc2)cc(C)c1Br. The van der Waals surface area contributed by atoms with E-state index in [9.17, 15) is 4.79 Å². The highest BCUT2D eigenvalue weighted by molar-refractivity contribution is 9.10. The van der Waals surface area contributed by atoms with Crippen molar-refractivity contribution in [1.82, 2.24) is 0 Å². The molecule has 0 saturated heterocycles. The summed E-state index contributed by atoms with van der Waals surface area (Å²) >= 11 is 3.52. The minimum atomic E-state index is 0.00678. The highest BCUT2D eigenvalue weighted by atomic mass is 79.9. The first-order valence-corrected chi connectivity index (χ1v) is 6.96. The minimum Gasteiger partial charge on any atom is -0.326 e. The van der Waals surface area contributed by atoms with Gasteiger partial charge in [-0.05, 0) is 42.7 Å². The van der Waals surface area contributed by atoms with Crippen molar-refractivity contribution in [3.8, 4) is 0 Å². The van der Waals surface area contributed by atoms with Gasteiger partial charge in [0.1, 0.15) is 0 Å². The Morgan fingerprint density at radius 1 is 1.11 bits per heavy atom. The van der Waals surface area contributed by atoms with Gasteiger partial charge in [0.25, 0.3) is 0 Å². The standard InChI is InChI=1S/C16H16BrNO/c1-11-8-14(9-12(2)16(11)17)18-15(19)10-13-6-4-3-5-7-13/h3-9H,10H2,1-2H3,(H,18,19). The van der Waals surface area contributed by atoms with E-state index in [1.807, 2.05) is 56.3 Å². The van der Waals surface area contributed by atoms with Crippen molar-refractivity contribution in [3.63, 3.8) is 0 Å². The van der Waals surface area contributed by atoms with Gasteiger partial charge in [0.2, 0.25) is 5.91 Å². The molecule has 1 N–H and O–H groups in total. The van der Waals surface area contributed by atoms with E-state index in [0.717, 1.165) is 26.9 Å². The van der Waals surface area contributed by atoms with Gasteiger partial charge in [0.15, 0.2) is 0 Å². The molecule has 98 valence electrons. The van der Waals surface area contributed by atoms with Gasteiger partial charge < -0.3 is 5.32 Å². The number of nitrogens with one attached hydrogen (secondary N) is 1. The van der Waals surface area contributed by atoms with Crippen LogP contribution in [0.1, 0.15) is 16.7 Å². The largest absolute Gasteiger partial charge is 0.326 e. The maximum atomic E-state index is 12.0. The normalized spacial score (nSPS) is 10.3. The molecule has 0 aliphatic carbocycles. The molecule has 0 unspecified atom stereocenters. The van der Waals surface area contributed by atoms with Gasteiger partial charge >= 0.3 is 0 Å². The first-order chi connectivity index (χ1) is 9.06. The van der Waals surface area contributed by atoms with Gasteiger partial charge in [0.05, 0.1) is 6.42 Å². The molecule has 0 bridgehead atoms. The van der Waals surface area contributed by atoms with Crippen LogP contribution in [0.2, 0.25) is 0 Å². The number of rotatable bonds is 3. The van der Waals surface area contributed by atoms with Crippen LogP contribution in [0.5, 0.6) is 0 Å². The van der Waals surface area contributed by atoms with Gasteiger partial charge in [-0.3, -0.25) is 4.79 Å². The summed E-state index contributed by atoms with van der Waals surface area (Å²) in [5, 5.41) is 2.94. The van der Waals surface area contributed by atoms with Crippen LogP contribution in [0, 0.1) is 13.8 Å². The molecule has 2 nitrogen and oxygen atoms in total. The lowest BCUT2D eigenvalue weighted by Crippen LogP contribution is -2.14. The molecule has 1 amide bonds. The van der Waals surface area contributed by atoms with Gasteiger partial charge in [-0.2, -0.15) is 0 Å². The van der Waals surface area contributed by atoms with Crippen LogP contribution in [0.15, 0.2) is 46.9 Å². The Kier molecular flexibility index (Phi) is 4.38. The molecule has 0 heterocycles. The molecular formula is C16H16BrNO. The van der Waals surface area contributed by atoms with E-state index in [1.54, 1.807) is 0 Å². The molecule has 0 aliphatic rings. The molecule has 0 aromatic heterocycles. The summed E-state index contributed by atoms with van der Waals surface area (Å²) in [5.74, 6) is 0.00678. The second-order valence-corrected chi connectivity index (χ2v) is 5.43. The Morgan fingerprint density at radius 3 is 2.26 bits per heavy atom. The van der Waals surface area contributed by atoms with E-state index < -0.39 is 0 Å². The molecule has 3 heteroatoms. The van der Waals surface area contributed by atoms with Crippen molar-refractivity contribution in [2.45, 2.75) is 20.3 Å². The first-order valence-electron chi connectivity index (χ1n) is 6.17. The summed E-state index contributed by atoms with van der Waals surface area (Å²) in [5.41, 5.74) is 4.11. The van der Waals surface area contributed by atoms with Crippen molar-refractivity contribution in [3.05, 3.63) is 63.6 Å². The summed E-state index contributed by atoms with van der Waals surface area (Å²) < 4.78 is 1.09. The number of benzene rings is 2. The maximum absolute atomic E-state index is 12.0. The van der Waals surface area contributed by atoms with Crippen molar-refractivity contribution in [1.29, 1.82) is 0 Å². The third kappa shape index (κ3) is 3.67. The van der Waals surface area contributed by atoms with Crippen LogP contribution < -0.4 is 5.32 Å². The second-order valence-electron chi connectivity index (χ2n) is 4.63. The third-order valence-corrected chi connectivity index (χ3v) is 4.18. The smallest absolute Gasteiger partial charge is 0.228 e. The van der Waals surface area contributed by atoms with Crippen LogP contribution in [0.3, 0.4) is 0 Å². The highest BCUT2D eigenvalue weighted by Gasteiger charge is 2.06. The first kappa shape index (κ1) is 13.8. The number of halogens is 1. The van der Waals surface area contributed by atoms with Crippen LogP contribution in [-0.2, 0) is 11.2 Å². The van der Waals surface area contributed by atoms with Crippen molar-refractivity contribution >= 4 is 27.5 Å². The molecule has 0 atom stereocenters. The van der Waals surface area contributed by atoms with Gasteiger partial charge in [0, 0.05) is 10.2 Å². The van der Waals surface area contributed by atoms with Gasteiger partial charge in [-0.15, -0.1) is 0 Å². The topological polar surface area (TPSA) is 29.1 Å². The Balaban J connectivity index is 2.07. The quantitative estimate of drug-likeness (QED) is 0.901. The zero-order valence-electron chi connectivity index (χ0n) is 11.0. The summed E-state index contributed by atoms with van der Waals surface area (Å²) in [6.07, 6.45) is 0.398. The van der Waals surface area contributed by atoms with Crippen LogP contribution in [-0.4, -0.2) is 5.91 Å². The van der Waals surface area contributed by atoms with Crippen molar-refractivity contribution < 1.29 is 4.79 Å². The number of aryl methyl sites for hydroxylation is 2. The summed E-state index contributed by atoms with van der Waals surface area (Å²) in [7, 11) is 0. The average molecular weight is 318 g/mol. The number of hydrogen-bond donors (Lipinski definition) is 1. The summed E-state index contributed by atoms with van der Waals surface area (Å²) in [6, 6.07) is 13.7. The minimum absolute atomic E-state index is 0.00678. The lowest BCUT2D eigenvalue weighted by molar-refractivity contribution is -0.115. The van der Waals surface area contributed by atoms with Crippen LogP contribution >= 0.6 is 15.9 Å². The van der Waals surface area contributed by atoms with Crippen LogP contribution in [0.25, 0.3) is 0 Å². The Hall–Kier alpha value is -1.61. The lowest BCUT2D eigenvalue weighted by atomic mass is 10.1. The molecular weight excluding hydrogens is 302 g/mol. The zero-order chi connectivity index (χ0) is 13.8. The number of anilines is 1. The third-order valence-electron chi connectivity index (χ3n) is 2.93. The Bertz CT molecular complexity index is 570. The second kappa shape index (κ2) is 6.02. The van der Waals surface area contributed by atoms with Gasteiger partial charge in [-0.25, -0.2) is 0 Å². The number of carbonyl (C=O) groups is 1. The Labute approximate surface area is 122 Å². The fraction of sp³-hybridized carbons (Fsp3) is 0.188. The molecule has 0 fully saturated rings. The van der Waals surface area contributed by atoms with E-state index in [4.69, 9.17) is 0 Å². The number of hydrogen-bond acceptors (Lipinski definition) is 1. The molecule has 0 aliphatic heterocycles. The van der Waals surface area contributed by atoms with E-state index in [2.05, 4.69) is 21.2 Å². The fourth-order valence-corrected chi connectivity index (χ4v) is 2.23. The van der Waals surface area contributed by atoms with E-state index in [0.29, 0.717) is 6.42 Å². The molecule has 2 aromatic carbocycles. The maximum Gasteiger partial charge on any atom is 0.228 e. The summed E-state index contributed by atoms with van der Waals surface area (Å²) in [6.45, 7) is 4.04. The predicted octanol–water partition coefficient (Wildman–Crippen LogP) is 4.25. The molecule has 2 rings (SSSR count). The van der Waals surface area contributed by atoms with E-state index >= 15 is 0 Å². The van der Waals surface area contributed by atoms with Crippen molar-refractivity contribution in [2.24, 2.45) is 0 Å². The molecule has 0 saturated carbocycles. The number of amides is 1. The average Bonchev–Trinajstić information content (AvgIpc) is 2.37. The molecule has 0 spiro atoms. The number of carbonyl (C=O) groups excluding carboxylic acids is 1. The zero-order valence-corrected chi connectivity index (χ0v) is 12.6. The molecule has 2 aromatic rings. The fourth-order valence-electron chi connectivity index (χ4n) is 2.00. The van der Waals surface area contributed by atoms with E-state index in [-0.39, 0.29) is 5.91 Å². The van der Waals surface area contributed by atoms with Crippen molar-refractivity contribution in [2.75, 3.05) is 5.32 Å². The predicted molar refractivity (Wildman–Crippen MR) is 82.4 cm³/mol. The van der Waals surface area contributed by atoms with Gasteiger partial charge in [-0.1, -0.05) is 46.3 Å². The molecule has 19 heavy (non-hydrogen) atoms. The van der Waals surface area contributed by atoms with E-state index in [1.165, 1.54) is 0 Å².